The van der Waals surface area contributed by atoms with Crippen LogP contribution in [-0.2, 0) is 12.1 Å². The van der Waals surface area contributed by atoms with Gasteiger partial charge in [-0.1, -0.05) is 66.7 Å². The highest BCUT2D eigenvalue weighted by atomic mass is 35.5. The second-order valence-corrected chi connectivity index (χ2v) is 11.5. The molecule has 1 heterocycles. The molecule has 0 aliphatic rings. The SMILES string of the molecule is C=CN(C)/C(=C\C)C(O)(c1ccc(CNCCCSC)cc1)c1ccc2c(c1)c(-c1cccc(Cl)c1)nc(=NC)n2N=C. The zero-order valence-electron chi connectivity index (χ0n) is 25.2. The Morgan fingerprint density at radius 2 is 1.91 bits per heavy atom. The number of hydrogen-bond donors (Lipinski definition) is 2. The molecule has 9 heteroatoms. The Morgan fingerprint density at radius 1 is 1.16 bits per heavy atom. The number of benzene rings is 3. The number of aromatic nitrogens is 2. The zero-order chi connectivity index (χ0) is 31.0. The molecule has 0 aliphatic heterocycles. The van der Waals surface area contributed by atoms with Crippen LogP contribution in [0.1, 0.15) is 30.0 Å². The lowest BCUT2D eigenvalue weighted by Gasteiger charge is -2.36. The van der Waals surface area contributed by atoms with Crippen molar-refractivity contribution < 1.29 is 5.11 Å². The minimum atomic E-state index is -1.51. The van der Waals surface area contributed by atoms with Gasteiger partial charge in [0.2, 0.25) is 5.62 Å². The number of halogens is 1. The number of nitrogens with one attached hydrogen (secondary N) is 1. The van der Waals surface area contributed by atoms with E-state index in [-0.39, 0.29) is 0 Å². The smallest absolute Gasteiger partial charge is 0.246 e. The van der Waals surface area contributed by atoms with Gasteiger partial charge in [-0.15, -0.1) is 0 Å². The highest BCUT2D eigenvalue weighted by Gasteiger charge is 2.38. The number of allylic oxidation sites excluding steroid dienone is 1. The van der Waals surface area contributed by atoms with Gasteiger partial charge >= 0.3 is 0 Å². The minimum absolute atomic E-state index is 0.402. The summed E-state index contributed by atoms with van der Waals surface area (Å²) >= 11 is 8.24. The van der Waals surface area contributed by atoms with Gasteiger partial charge in [0.05, 0.1) is 16.9 Å². The third-order valence-corrected chi connectivity index (χ3v) is 8.37. The number of hydrogen-bond acceptors (Lipinski definition) is 7. The van der Waals surface area contributed by atoms with Crippen molar-refractivity contribution in [2.24, 2.45) is 10.1 Å². The van der Waals surface area contributed by atoms with Crippen molar-refractivity contribution in [2.45, 2.75) is 25.5 Å². The van der Waals surface area contributed by atoms with E-state index in [1.165, 1.54) is 0 Å². The molecule has 224 valence electrons. The predicted octanol–water partition coefficient (Wildman–Crippen LogP) is 6.41. The number of aliphatic hydroxyl groups is 1. The largest absolute Gasteiger partial charge is 0.375 e. The monoisotopic (exact) mass is 614 g/mol. The maximum absolute atomic E-state index is 12.8. The molecule has 4 aromatic rings. The Bertz CT molecular complexity index is 1700. The summed E-state index contributed by atoms with van der Waals surface area (Å²) in [5.74, 6) is 1.14. The molecule has 0 bridgehead atoms. The molecule has 1 atom stereocenters. The van der Waals surface area contributed by atoms with Crippen LogP contribution in [0.4, 0.5) is 0 Å². The van der Waals surface area contributed by atoms with Gasteiger partial charge in [-0.2, -0.15) is 21.5 Å². The molecule has 0 spiro atoms. The minimum Gasteiger partial charge on any atom is -0.375 e. The second kappa shape index (κ2) is 14.7. The quantitative estimate of drug-likeness (QED) is 0.134. The Labute approximate surface area is 263 Å². The summed E-state index contributed by atoms with van der Waals surface area (Å²) in [4.78, 5) is 11.0. The number of nitrogens with zero attached hydrogens (tertiary/aromatic N) is 5. The topological polar surface area (TPSA) is 78.0 Å². The fourth-order valence-electron chi connectivity index (χ4n) is 5.26. The van der Waals surface area contributed by atoms with E-state index in [2.05, 4.69) is 47.1 Å². The number of fused-ring (bicyclic) bond motifs is 1. The molecule has 0 radical (unpaired) electrons. The first-order chi connectivity index (χ1) is 20.8. The van der Waals surface area contributed by atoms with E-state index >= 15 is 0 Å². The van der Waals surface area contributed by atoms with E-state index in [1.807, 2.05) is 91.3 Å². The van der Waals surface area contributed by atoms with Crippen molar-refractivity contribution >= 4 is 41.0 Å². The Kier molecular flexibility index (Phi) is 11.0. The van der Waals surface area contributed by atoms with Crippen molar-refractivity contribution in [1.29, 1.82) is 0 Å². The van der Waals surface area contributed by atoms with Crippen LogP contribution in [0, 0.1) is 0 Å². The predicted molar refractivity (Wildman–Crippen MR) is 182 cm³/mol. The summed E-state index contributed by atoms with van der Waals surface area (Å²) in [6, 6.07) is 21.4. The Balaban J connectivity index is 1.92. The highest BCUT2D eigenvalue weighted by Crippen LogP contribution is 2.40. The van der Waals surface area contributed by atoms with Gasteiger partial charge in [0.25, 0.3) is 0 Å². The molecule has 1 unspecified atom stereocenters. The van der Waals surface area contributed by atoms with Gasteiger partial charge in [-0.3, -0.25) is 4.99 Å². The van der Waals surface area contributed by atoms with E-state index in [9.17, 15) is 5.11 Å². The average Bonchev–Trinajstić information content (AvgIpc) is 3.03. The van der Waals surface area contributed by atoms with Crippen LogP contribution in [-0.4, -0.2) is 59.0 Å². The molecule has 43 heavy (non-hydrogen) atoms. The first kappa shape index (κ1) is 32.2. The number of rotatable bonds is 13. The van der Waals surface area contributed by atoms with Gasteiger partial charge in [-0.05, 0) is 79.1 Å². The molecular formula is C34H39ClN6OS. The zero-order valence-corrected chi connectivity index (χ0v) is 26.8. The summed E-state index contributed by atoms with van der Waals surface area (Å²) in [6.45, 7) is 11.4. The van der Waals surface area contributed by atoms with Gasteiger partial charge < -0.3 is 15.3 Å². The van der Waals surface area contributed by atoms with Gasteiger partial charge in [0.15, 0.2) is 5.60 Å². The summed E-state index contributed by atoms with van der Waals surface area (Å²) in [6.07, 6.45) is 6.85. The van der Waals surface area contributed by atoms with Crippen LogP contribution in [0.3, 0.4) is 0 Å². The lowest BCUT2D eigenvalue weighted by atomic mass is 9.81. The third kappa shape index (κ3) is 6.78. The van der Waals surface area contributed by atoms with E-state index in [1.54, 1.807) is 17.9 Å². The molecule has 4 rings (SSSR count). The molecule has 1 aromatic heterocycles. The summed E-state index contributed by atoms with van der Waals surface area (Å²) < 4.78 is 1.60. The van der Waals surface area contributed by atoms with Crippen molar-refractivity contribution in [3.8, 4) is 11.3 Å². The second-order valence-electron chi connectivity index (χ2n) is 10.1. The van der Waals surface area contributed by atoms with Gasteiger partial charge in [0, 0.05) is 43.3 Å². The van der Waals surface area contributed by atoms with E-state index in [0.717, 1.165) is 52.9 Å². The maximum atomic E-state index is 12.8. The molecule has 2 N–H and O–H groups in total. The average molecular weight is 615 g/mol. The van der Waals surface area contributed by atoms with Crippen LogP contribution in [0.5, 0.6) is 0 Å². The molecule has 0 amide bonds. The molecule has 0 saturated carbocycles. The summed E-state index contributed by atoms with van der Waals surface area (Å²) in [5.41, 5.74) is 4.33. The van der Waals surface area contributed by atoms with Crippen LogP contribution >= 0.6 is 23.4 Å². The molecule has 7 nitrogen and oxygen atoms in total. The van der Waals surface area contributed by atoms with Crippen LogP contribution < -0.4 is 10.9 Å². The van der Waals surface area contributed by atoms with E-state index in [4.69, 9.17) is 16.6 Å². The van der Waals surface area contributed by atoms with E-state index < -0.39 is 5.60 Å². The maximum Gasteiger partial charge on any atom is 0.246 e. The van der Waals surface area contributed by atoms with Crippen molar-refractivity contribution in [2.75, 3.05) is 32.6 Å². The first-order valence-corrected chi connectivity index (χ1v) is 15.9. The Morgan fingerprint density at radius 3 is 2.53 bits per heavy atom. The molecule has 0 saturated heterocycles. The molecule has 0 aliphatic carbocycles. The van der Waals surface area contributed by atoms with Crippen molar-refractivity contribution in [3.63, 3.8) is 0 Å². The normalized spacial score (nSPS) is 13.6. The van der Waals surface area contributed by atoms with Crippen molar-refractivity contribution in [1.82, 2.24) is 19.9 Å². The number of thioether (sulfide) groups is 1. The van der Waals surface area contributed by atoms with Gasteiger partial charge in [-0.25, -0.2) is 4.98 Å². The third-order valence-electron chi connectivity index (χ3n) is 7.44. The standard InChI is InChI=1S/C34H39ClN6OS/c1-7-31(40(5)8-2)34(42,26-15-13-24(14-16-26)23-38-19-10-20-43-6)27-17-18-30-29(22-27)32(25-11-9-12-28(35)21-25)39-33(36-3)41(30)37-4/h7-9,11-18,21-22,38,42H,2,4,10,19-20,23H2,1,3,5-6H3/b31-7-,36-33?. The Hall–Kier alpha value is -3.69. The molecule has 3 aromatic carbocycles. The summed E-state index contributed by atoms with van der Waals surface area (Å²) in [5, 5.41) is 21.9. The fourth-order valence-corrected chi connectivity index (χ4v) is 5.88. The van der Waals surface area contributed by atoms with Crippen LogP contribution in [0.25, 0.3) is 22.2 Å². The lowest BCUT2D eigenvalue weighted by Crippen LogP contribution is -2.36. The first-order valence-electron chi connectivity index (χ1n) is 14.1. The highest BCUT2D eigenvalue weighted by molar-refractivity contribution is 7.98. The van der Waals surface area contributed by atoms with E-state index in [0.29, 0.717) is 27.6 Å². The molecule has 0 fully saturated rings. The summed E-state index contributed by atoms with van der Waals surface area (Å²) in [7, 11) is 3.54. The fraction of sp³-hybridized carbons (Fsp3) is 0.265. The van der Waals surface area contributed by atoms with Crippen LogP contribution in [0.15, 0.2) is 101 Å². The van der Waals surface area contributed by atoms with Crippen molar-refractivity contribution in [3.05, 3.63) is 119 Å². The van der Waals surface area contributed by atoms with Crippen LogP contribution in [0.2, 0.25) is 5.02 Å². The van der Waals surface area contributed by atoms with Gasteiger partial charge in [0.1, 0.15) is 0 Å². The molecular weight excluding hydrogens is 576 g/mol. The number of likely N-dealkylation sites (N-methyl/N-ethyl adjacent to an activating group) is 1. The lowest BCUT2D eigenvalue weighted by molar-refractivity contribution is 0.0969.